The van der Waals surface area contributed by atoms with E-state index in [0.717, 1.165) is 16.0 Å². The minimum atomic E-state index is -0.0434. The summed E-state index contributed by atoms with van der Waals surface area (Å²) < 4.78 is 10.8. The summed E-state index contributed by atoms with van der Waals surface area (Å²) >= 11 is 1.55. The van der Waals surface area contributed by atoms with Gasteiger partial charge in [-0.05, 0) is 36.4 Å². The highest BCUT2D eigenvalue weighted by Crippen LogP contribution is 2.21. The molecule has 0 radical (unpaired) electrons. The van der Waals surface area contributed by atoms with Crippen LogP contribution in [0.5, 0.6) is 0 Å². The topological polar surface area (TPSA) is 77.2 Å². The second kappa shape index (κ2) is 9.43. The van der Waals surface area contributed by atoms with Crippen LogP contribution in [0.1, 0.15) is 37.3 Å². The number of carbonyl (C=O) groups excluding carboxylic acids is 1. The van der Waals surface area contributed by atoms with Gasteiger partial charge in [0.25, 0.3) is 0 Å². The van der Waals surface area contributed by atoms with Crippen molar-refractivity contribution in [1.82, 2.24) is 15.5 Å². The Morgan fingerprint density at radius 2 is 2.00 bits per heavy atom. The van der Waals surface area contributed by atoms with Crippen molar-refractivity contribution in [3.63, 3.8) is 0 Å². The van der Waals surface area contributed by atoms with E-state index in [1.807, 2.05) is 55.6 Å². The van der Waals surface area contributed by atoms with Crippen LogP contribution in [-0.2, 0) is 29.1 Å². The summed E-state index contributed by atoms with van der Waals surface area (Å²) in [6.45, 7) is 5.12. The molecule has 0 fully saturated rings. The van der Waals surface area contributed by atoms with E-state index in [4.69, 9.17) is 9.26 Å². The van der Waals surface area contributed by atoms with E-state index < -0.39 is 0 Å². The van der Waals surface area contributed by atoms with E-state index in [0.29, 0.717) is 37.7 Å². The zero-order valence-corrected chi connectivity index (χ0v) is 16.3. The van der Waals surface area contributed by atoms with Crippen molar-refractivity contribution in [3.8, 4) is 10.7 Å². The summed E-state index contributed by atoms with van der Waals surface area (Å²) in [5.74, 6) is 1.00. The lowest BCUT2D eigenvalue weighted by Gasteiger charge is -2.09. The second-order valence-electron chi connectivity index (χ2n) is 6.44. The number of benzene rings is 1. The molecule has 1 N–H and O–H groups in total. The quantitative estimate of drug-likeness (QED) is 0.603. The second-order valence-corrected chi connectivity index (χ2v) is 7.39. The van der Waals surface area contributed by atoms with Crippen molar-refractivity contribution >= 4 is 17.2 Å². The van der Waals surface area contributed by atoms with Crippen molar-refractivity contribution in [2.24, 2.45) is 0 Å². The van der Waals surface area contributed by atoms with Crippen molar-refractivity contribution in [2.45, 2.75) is 45.9 Å². The zero-order valence-electron chi connectivity index (χ0n) is 15.5. The van der Waals surface area contributed by atoms with Gasteiger partial charge in [0.15, 0.2) is 0 Å². The molecule has 27 heavy (non-hydrogen) atoms. The molecule has 7 heteroatoms. The minimum Gasteiger partial charge on any atom is -0.374 e. The van der Waals surface area contributed by atoms with Gasteiger partial charge in [0.05, 0.1) is 17.6 Å². The summed E-state index contributed by atoms with van der Waals surface area (Å²) in [4.78, 5) is 17.3. The molecular formula is C20H23N3O3S. The minimum absolute atomic E-state index is 0.0434. The van der Waals surface area contributed by atoms with Crippen LogP contribution in [0.2, 0.25) is 0 Å². The maximum atomic E-state index is 12.1. The highest BCUT2D eigenvalue weighted by Gasteiger charge is 2.11. The SMILES string of the molecule is CC(C)OCc1ccc(CNC(=O)CCc2nc(-c3cccs3)no2)cc1. The third-order valence-corrected chi connectivity index (χ3v) is 4.74. The summed E-state index contributed by atoms with van der Waals surface area (Å²) in [6.07, 6.45) is 0.950. The first kappa shape index (κ1) is 19.3. The Labute approximate surface area is 162 Å². The fraction of sp³-hybridized carbons (Fsp3) is 0.350. The maximum Gasteiger partial charge on any atom is 0.227 e. The highest BCUT2D eigenvalue weighted by atomic mass is 32.1. The van der Waals surface area contributed by atoms with Crippen LogP contribution in [0.15, 0.2) is 46.3 Å². The Kier molecular flexibility index (Phi) is 6.73. The standard InChI is InChI=1S/C20H23N3O3S/c1-14(2)25-13-16-7-5-15(6-8-16)12-21-18(24)9-10-19-22-20(23-26-19)17-4-3-11-27-17/h3-8,11,14H,9-10,12-13H2,1-2H3,(H,21,24). The lowest BCUT2D eigenvalue weighted by atomic mass is 10.1. The number of hydrogen-bond donors (Lipinski definition) is 1. The molecular weight excluding hydrogens is 362 g/mol. The molecule has 0 bridgehead atoms. The van der Waals surface area contributed by atoms with Gasteiger partial charge in [-0.25, -0.2) is 0 Å². The molecule has 142 valence electrons. The molecule has 1 amide bonds. The number of aromatic nitrogens is 2. The van der Waals surface area contributed by atoms with E-state index in [2.05, 4.69) is 15.5 Å². The lowest BCUT2D eigenvalue weighted by molar-refractivity contribution is -0.121. The Morgan fingerprint density at radius 3 is 2.70 bits per heavy atom. The molecule has 6 nitrogen and oxygen atoms in total. The number of rotatable bonds is 9. The van der Waals surface area contributed by atoms with Crippen LogP contribution in [0.25, 0.3) is 10.7 Å². The third kappa shape index (κ3) is 6.01. The number of aryl methyl sites for hydroxylation is 1. The fourth-order valence-electron chi connectivity index (χ4n) is 2.39. The Hall–Kier alpha value is -2.51. The molecule has 3 aromatic rings. The fourth-order valence-corrected chi connectivity index (χ4v) is 3.04. The number of thiophene rings is 1. The predicted molar refractivity (Wildman–Crippen MR) is 104 cm³/mol. The smallest absolute Gasteiger partial charge is 0.227 e. The van der Waals surface area contributed by atoms with Crippen LogP contribution in [0, 0.1) is 0 Å². The van der Waals surface area contributed by atoms with Gasteiger partial charge in [-0.2, -0.15) is 4.98 Å². The van der Waals surface area contributed by atoms with Gasteiger partial charge in [0, 0.05) is 19.4 Å². The first-order chi connectivity index (χ1) is 13.1. The highest BCUT2D eigenvalue weighted by molar-refractivity contribution is 7.13. The number of nitrogens with one attached hydrogen (secondary N) is 1. The van der Waals surface area contributed by atoms with Gasteiger partial charge in [-0.15, -0.1) is 11.3 Å². The van der Waals surface area contributed by atoms with Crippen LogP contribution < -0.4 is 5.32 Å². The average molecular weight is 385 g/mol. The number of nitrogens with zero attached hydrogens (tertiary/aromatic N) is 2. The maximum absolute atomic E-state index is 12.1. The van der Waals surface area contributed by atoms with Gasteiger partial charge in [0.1, 0.15) is 0 Å². The van der Waals surface area contributed by atoms with Gasteiger partial charge in [-0.3, -0.25) is 4.79 Å². The number of hydrogen-bond acceptors (Lipinski definition) is 6. The molecule has 1 aromatic carbocycles. The van der Waals surface area contributed by atoms with Crippen molar-refractivity contribution in [3.05, 3.63) is 58.8 Å². The Morgan fingerprint density at radius 1 is 1.22 bits per heavy atom. The van der Waals surface area contributed by atoms with Crippen LogP contribution in [-0.4, -0.2) is 22.2 Å². The van der Waals surface area contributed by atoms with Gasteiger partial charge in [0.2, 0.25) is 17.6 Å². The Balaban J connectivity index is 1.41. The lowest BCUT2D eigenvalue weighted by Crippen LogP contribution is -2.23. The predicted octanol–water partition coefficient (Wildman–Crippen LogP) is 3.97. The van der Waals surface area contributed by atoms with Crippen molar-refractivity contribution in [2.75, 3.05) is 0 Å². The normalized spacial score (nSPS) is 11.1. The molecule has 0 atom stereocenters. The molecule has 0 saturated carbocycles. The molecule has 0 spiro atoms. The molecule has 0 aliphatic heterocycles. The van der Waals surface area contributed by atoms with Gasteiger partial charge < -0.3 is 14.6 Å². The largest absolute Gasteiger partial charge is 0.374 e. The third-order valence-electron chi connectivity index (χ3n) is 3.87. The van der Waals surface area contributed by atoms with Crippen LogP contribution in [0.3, 0.4) is 0 Å². The molecule has 0 saturated heterocycles. The Bertz CT molecular complexity index is 842. The van der Waals surface area contributed by atoms with Crippen LogP contribution >= 0.6 is 11.3 Å². The van der Waals surface area contributed by atoms with E-state index >= 15 is 0 Å². The number of carbonyl (C=O) groups is 1. The molecule has 2 aromatic heterocycles. The zero-order chi connectivity index (χ0) is 19.1. The van der Waals surface area contributed by atoms with Crippen molar-refractivity contribution in [1.29, 1.82) is 0 Å². The average Bonchev–Trinajstić information content (AvgIpc) is 3.35. The molecule has 3 rings (SSSR count). The van der Waals surface area contributed by atoms with Crippen molar-refractivity contribution < 1.29 is 14.1 Å². The number of amides is 1. The first-order valence-electron chi connectivity index (χ1n) is 8.93. The molecule has 0 aliphatic carbocycles. The van der Waals surface area contributed by atoms with Gasteiger partial charge in [-0.1, -0.05) is 35.5 Å². The van der Waals surface area contributed by atoms with E-state index in [1.165, 1.54) is 0 Å². The van der Waals surface area contributed by atoms with E-state index in [9.17, 15) is 4.79 Å². The molecule has 0 aliphatic rings. The first-order valence-corrected chi connectivity index (χ1v) is 9.80. The summed E-state index contributed by atoms with van der Waals surface area (Å²) in [7, 11) is 0. The summed E-state index contributed by atoms with van der Waals surface area (Å²) in [6, 6.07) is 11.9. The summed E-state index contributed by atoms with van der Waals surface area (Å²) in [5.41, 5.74) is 2.17. The number of ether oxygens (including phenoxy) is 1. The van der Waals surface area contributed by atoms with E-state index in [1.54, 1.807) is 11.3 Å². The van der Waals surface area contributed by atoms with E-state index in [-0.39, 0.29) is 12.0 Å². The van der Waals surface area contributed by atoms with Crippen LogP contribution in [0.4, 0.5) is 0 Å². The van der Waals surface area contributed by atoms with Gasteiger partial charge >= 0.3 is 0 Å². The molecule has 0 unspecified atom stereocenters. The molecule has 2 heterocycles. The summed E-state index contributed by atoms with van der Waals surface area (Å²) in [5, 5.41) is 8.82. The monoisotopic (exact) mass is 385 g/mol.